The van der Waals surface area contributed by atoms with Crippen LogP contribution in [0.5, 0.6) is 0 Å². The van der Waals surface area contributed by atoms with Gasteiger partial charge in [0.05, 0.1) is 4.90 Å². The monoisotopic (exact) mass is 276 g/mol. The molecular formula is C11H16O4S2. The number of aliphatic carboxylic acids is 1. The fourth-order valence-electron chi connectivity index (χ4n) is 1.23. The zero-order valence-corrected chi connectivity index (χ0v) is 11.7. The van der Waals surface area contributed by atoms with Crippen molar-refractivity contribution in [3.63, 3.8) is 0 Å². The Bertz CT molecular complexity index is 488. The number of hydrogen-bond acceptors (Lipinski definition) is 4. The van der Waals surface area contributed by atoms with Crippen LogP contribution < -0.4 is 0 Å². The summed E-state index contributed by atoms with van der Waals surface area (Å²) in [6.07, 6.45) is 1.22. The van der Waals surface area contributed by atoms with Crippen LogP contribution in [0.1, 0.15) is 18.1 Å². The van der Waals surface area contributed by atoms with E-state index in [1.54, 1.807) is 19.1 Å². The van der Waals surface area contributed by atoms with E-state index in [1.165, 1.54) is 6.26 Å². The van der Waals surface area contributed by atoms with Crippen molar-refractivity contribution in [3.8, 4) is 0 Å². The van der Waals surface area contributed by atoms with Crippen LogP contribution in [0, 0.1) is 6.92 Å². The second kappa shape index (κ2) is 6.66. The Morgan fingerprint density at radius 3 is 2.18 bits per heavy atom. The maximum atomic E-state index is 11.2. The normalized spacial score (nSPS) is 10.4. The molecule has 0 radical (unpaired) electrons. The minimum Gasteiger partial charge on any atom is -0.481 e. The van der Waals surface area contributed by atoms with Crippen molar-refractivity contribution in [2.45, 2.75) is 24.5 Å². The molecule has 0 spiro atoms. The third-order valence-corrected chi connectivity index (χ3v) is 3.44. The van der Waals surface area contributed by atoms with E-state index in [0.29, 0.717) is 10.6 Å². The first kappa shape index (κ1) is 16.0. The van der Waals surface area contributed by atoms with Gasteiger partial charge in [0.1, 0.15) is 0 Å². The summed E-state index contributed by atoms with van der Waals surface area (Å²) in [5.74, 6) is -0.203. The van der Waals surface area contributed by atoms with E-state index in [0.717, 1.165) is 18.1 Å². The molecule has 0 aliphatic carbocycles. The van der Waals surface area contributed by atoms with Crippen LogP contribution in [-0.2, 0) is 20.4 Å². The average Bonchev–Trinajstić information content (AvgIpc) is 2.14. The molecule has 0 aromatic heterocycles. The fourth-order valence-corrected chi connectivity index (χ4v) is 2.38. The molecule has 0 saturated heterocycles. The molecule has 17 heavy (non-hydrogen) atoms. The highest BCUT2D eigenvalue weighted by atomic mass is 32.2. The van der Waals surface area contributed by atoms with E-state index in [2.05, 4.69) is 12.6 Å². The third kappa shape index (κ3) is 6.33. The highest BCUT2D eigenvalue weighted by Gasteiger charge is 2.09. The van der Waals surface area contributed by atoms with E-state index in [9.17, 15) is 8.42 Å². The molecule has 0 amide bonds. The summed E-state index contributed by atoms with van der Waals surface area (Å²) in [5, 5.41) is 7.42. The Morgan fingerprint density at radius 2 is 1.88 bits per heavy atom. The largest absolute Gasteiger partial charge is 0.481 e. The van der Waals surface area contributed by atoms with E-state index in [4.69, 9.17) is 9.90 Å². The van der Waals surface area contributed by atoms with Crippen molar-refractivity contribution in [1.29, 1.82) is 0 Å². The number of hydrogen-bond donors (Lipinski definition) is 2. The summed E-state index contributed by atoms with van der Waals surface area (Å²) < 4.78 is 22.5. The zero-order valence-electron chi connectivity index (χ0n) is 9.97. The molecule has 0 heterocycles. The van der Waals surface area contributed by atoms with Gasteiger partial charge >= 0.3 is 0 Å². The first-order chi connectivity index (χ1) is 7.68. The summed E-state index contributed by atoms with van der Waals surface area (Å²) >= 11 is 4.11. The van der Waals surface area contributed by atoms with Crippen LogP contribution in [0.15, 0.2) is 23.1 Å². The number of carboxylic acids is 1. The molecule has 0 atom stereocenters. The molecule has 1 aromatic carbocycles. The molecule has 0 saturated carbocycles. The third-order valence-electron chi connectivity index (χ3n) is 1.82. The van der Waals surface area contributed by atoms with Crippen LogP contribution >= 0.6 is 12.6 Å². The molecule has 1 N–H and O–H groups in total. The van der Waals surface area contributed by atoms with Crippen LogP contribution in [-0.4, -0.2) is 25.7 Å². The molecular weight excluding hydrogens is 260 g/mol. The Hall–Kier alpha value is -1.01. The molecule has 0 aliphatic rings. The predicted octanol–water partition coefficient (Wildman–Crippen LogP) is 1.92. The minimum atomic E-state index is -3.08. The van der Waals surface area contributed by atoms with Gasteiger partial charge in [-0.05, 0) is 24.1 Å². The number of carboxylic acid groups (broad SMARTS) is 1. The van der Waals surface area contributed by atoms with Gasteiger partial charge in [-0.1, -0.05) is 12.1 Å². The highest BCUT2D eigenvalue weighted by Crippen LogP contribution is 2.17. The van der Waals surface area contributed by atoms with Gasteiger partial charge in [-0.3, -0.25) is 4.79 Å². The van der Waals surface area contributed by atoms with Crippen molar-refractivity contribution in [2.75, 3.05) is 6.26 Å². The fraction of sp³-hybridized carbons (Fsp3) is 0.364. The van der Waals surface area contributed by atoms with E-state index in [-0.39, 0.29) is 0 Å². The quantitative estimate of drug-likeness (QED) is 0.810. The maximum absolute atomic E-state index is 11.2. The van der Waals surface area contributed by atoms with Gasteiger partial charge in [0, 0.05) is 18.9 Å². The van der Waals surface area contributed by atoms with Crippen LogP contribution in [0.25, 0.3) is 0 Å². The molecule has 0 unspecified atom stereocenters. The van der Waals surface area contributed by atoms with Crippen molar-refractivity contribution < 1.29 is 18.3 Å². The molecule has 4 nitrogen and oxygen atoms in total. The number of aryl methyl sites for hydroxylation is 1. The van der Waals surface area contributed by atoms with Crippen LogP contribution in [0.3, 0.4) is 0 Å². The SMILES string of the molecule is CC(=O)O.Cc1cc(CS)ccc1S(C)(=O)=O. The number of thiol groups is 1. The lowest BCUT2D eigenvalue weighted by molar-refractivity contribution is -0.134. The molecule has 0 fully saturated rings. The van der Waals surface area contributed by atoms with Gasteiger partial charge in [-0.2, -0.15) is 12.6 Å². The highest BCUT2D eigenvalue weighted by molar-refractivity contribution is 7.90. The smallest absolute Gasteiger partial charge is 0.300 e. The van der Waals surface area contributed by atoms with Crippen LogP contribution in [0.4, 0.5) is 0 Å². The number of carbonyl (C=O) groups is 1. The molecule has 6 heteroatoms. The Labute approximate surface area is 107 Å². The predicted molar refractivity (Wildman–Crippen MR) is 70.3 cm³/mol. The first-order valence-corrected chi connectivity index (χ1v) is 7.31. The zero-order chi connectivity index (χ0) is 13.6. The maximum Gasteiger partial charge on any atom is 0.300 e. The summed E-state index contributed by atoms with van der Waals surface area (Å²) in [4.78, 5) is 9.40. The van der Waals surface area contributed by atoms with Crippen molar-refractivity contribution in [2.24, 2.45) is 0 Å². The lowest BCUT2D eigenvalue weighted by atomic mass is 10.2. The van der Waals surface area contributed by atoms with Gasteiger partial charge in [0.2, 0.25) is 0 Å². The van der Waals surface area contributed by atoms with Gasteiger partial charge < -0.3 is 5.11 Å². The van der Waals surface area contributed by atoms with Crippen molar-refractivity contribution in [3.05, 3.63) is 29.3 Å². The minimum absolute atomic E-state index is 0.401. The molecule has 0 bridgehead atoms. The summed E-state index contributed by atoms with van der Waals surface area (Å²) in [5.41, 5.74) is 1.82. The Kier molecular flexibility index (Phi) is 6.26. The Morgan fingerprint density at radius 1 is 1.41 bits per heavy atom. The number of rotatable bonds is 2. The Balaban J connectivity index is 0.000000557. The molecule has 1 rings (SSSR count). The van der Waals surface area contributed by atoms with Crippen molar-refractivity contribution >= 4 is 28.4 Å². The van der Waals surface area contributed by atoms with Gasteiger partial charge in [-0.25, -0.2) is 8.42 Å². The van der Waals surface area contributed by atoms with Gasteiger partial charge in [-0.15, -0.1) is 0 Å². The first-order valence-electron chi connectivity index (χ1n) is 4.78. The average molecular weight is 276 g/mol. The topological polar surface area (TPSA) is 71.4 Å². The summed E-state index contributed by atoms with van der Waals surface area (Å²) in [6, 6.07) is 5.27. The summed E-state index contributed by atoms with van der Waals surface area (Å²) in [6.45, 7) is 2.88. The van der Waals surface area contributed by atoms with Gasteiger partial charge in [0.25, 0.3) is 5.97 Å². The van der Waals surface area contributed by atoms with E-state index >= 15 is 0 Å². The molecule has 96 valence electrons. The van der Waals surface area contributed by atoms with E-state index < -0.39 is 15.8 Å². The lowest BCUT2D eigenvalue weighted by Crippen LogP contribution is -2.00. The molecule has 1 aromatic rings. The van der Waals surface area contributed by atoms with Crippen LogP contribution in [0.2, 0.25) is 0 Å². The van der Waals surface area contributed by atoms with Gasteiger partial charge in [0.15, 0.2) is 9.84 Å². The lowest BCUT2D eigenvalue weighted by Gasteiger charge is -2.04. The van der Waals surface area contributed by atoms with Crippen molar-refractivity contribution in [1.82, 2.24) is 0 Å². The second-order valence-corrected chi connectivity index (χ2v) is 5.85. The number of benzene rings is 1. The number of sulfone groups is 1. The second-order valence-electron chi connectivity index (χ2n) is 3.55. The molecule has 0 aliphatic heterocycles. The van der Waals surface area contributed by atoms with E-state index in [1.807, 2.05) is 6.07 Å². The standard InChI is InChI=1S/C9H12O2S2.C2H4O2/c1-7-5-8(6-12)3-4-9(7)13(2,10)11;1-2(3)4/h3-5,12H,6H2,1-2H3;1H3,(H,3,4). The summed E-state index contributed by atoms with van der Waals surface area (Å²) in [7, 11) is -3.08.